The summed E-state index contributed by atoms with van der Waals surface area (Å²) in [5.74, 6) is -0.390. The molecule has 2 amide bonds. The number of rotatable bonds is 4. The van der Waals surface area contributed by atoms with E-state index in [9.17, 15) is 9.18 Å². The lowest BCUT2D eigenvalue weighted by molar-refractivity contribution is 0.257. The van der Waals surface area contributed by atoms with Crippen molar-refractivity contribution in [3.63, 3.8) is 0 Å². The molecular weight excluding hydrogens is 269 g/mol. The molecule has 0 aliphatic heterocycles. The second-order valence-electron chi connectivity index (χ2n) is 4.69. The zero-order valence-electron chi connectivity index (χ0n) is 11.8. The van der Waals surface area contributed by atoms with Gasteiger partial charge in [-0.05, 0) is 42.8 Å². The minimum Gasteiger partial charge on any atom is -0.399 e. The fraction of sp³-hybridized carbons (Fsp3) is 0.188. The molecule has 2 rings (SSSR count). The number of halogens is 1. The van der Waals surface area contributed by atoms with Crippen molar-refractivity contribution in [3.05, 3.63) is 54.3 Å². The molecule has 0 atom stereocenters. The third kappa shape index (κ3) is 3.95. The SMILES string of the molecule is CCCN(C(=O)Nc1cccc(F)c1)c1cccc(N)c1. The molecule has 21 heavy (non-hydrogen) atoms. The van der Waals surface area contributed by atoms with E-state index in [0.717, 1.165) is 6.42 Å². The summed E-state index contributed by atoms with van der Waals surface area (Å²) in [6, 6.07) is 12.6. The normalized spacial score (nSPS) is 10.2. The van der Waals surface area contributed by atoms with Crippen LogP contribution in [-0.4, -0.2) is 12.6 Å². The van der Waals surface area contributed by atoms with Crippen LogP contribution in [0.15, 0.2) is 48.5 Å². The fourth-order valence-corrected chi connectivity index (χ4v) is 2.02. The minimum absolute atomic E-state index is 0.312. The molecular formula is C16H18FN3O. The van der Waals surface area contributed by atoms with Gasteiger partial charge in [-0.2, -0.15) is 0 Å². The van der Waals surface area contributed by atoms with Crippen LogP contribution in [0.5, 0.6) is 0 Å². The number of hydrogen-bond acceptors (Lipinski definition) is 2. The fourth-order valence-electron chi connectivity index (χ4n) is 2.02. The molecule has 4 nitrogen and oxygen atoms in total. The first-order valence-corrected chi connectivity index (χ1v) is 6.80. The highest BCUT2D eigenvalue weighted by Gasteiger charge is 2.15. The maximum Gasteiger partial charge on any atom is 0.326 e. The van der Waals surface area contributed by atoms with Gasteiger partial charge >= 0.3 is 6.03 Å². The average molecular weight is 287 g/mol. The molecule has 2 aromatic carbocycles. The number of carbonyl (C=O) groups excluding carboxylic acids is 1. The van der Waals surface area contributed by atoms with Crippen LogP contribution in [0.25, 0.3) is 0 Å². The van der Waals surface area contributed by atoms with Crippen LogP contribution >= 0.6 is 0 Å². The van der Waals surface area contributed by atoms with Crippen molar-refractivity contribution in [1.29, 1.82) is 0 Å². The Hall–Kier alpha value is -2.56. The van der Waals surface area contributed by atoms with Crippen molar-refractivity contribution >= 4 is 23.1 Å². The predicted molar refractivity (Wildman–Crippen MR) is 83.9 cm³/mol. The number of nitrogen functional groups attached to an aromatic ring is 1. The first-order chi connectivity index (χ1) is 10.1. The Balaban J connectivity index is 2.19. The molecule has 0 aliphatic carbocycles. The van der Waals surface area contributed by atoms with Gasteiger partial charge in [-0.1, -0.05) is 19.1 Å². The van der Waals surface area contributed by atoms with Gasteiger partial charge < -0.3 is 11.1 Å². The summed E-state index contributed by atoms with van der Waals surface area (Å²) >= 11 is 0. The third-order valence-corrected chi connectivity index (χ3v) is 2.95. The van der Waals surface area contributed by atoms with E-state index < -0.39 is 5.82 Å². The number of nitrogens with two attached hydrogens (primary N) is 1. The first-order valence-electron chi connectivity index (χ1n) is 6.80. The van der Waals surface area contributed by atoms with E-state index in [-0.39, 0.29) is 6.03 Å². The van der Waals surface area contributed by atoms with Crippen molar-refractivity contribution in [2.45, 2.75) is 13.3 Å². The average Bonchev–Trinajstić information content (AvgIpc) is 2.44. The monoisotopic (exact) mass is 287 g/mol. The zero-order chi connectivity index (χ0) is 15.2. The highest BCUT2D eigenvalue weighted by molar-refractivity contribution is 6.01. The third-order valence-electron chi connectivity index (χ3n) is 2.95. The van der Waals surface area contributed by atoms with Gasteiger partial charge in [0.15, 0.2) is 0 Å². The predicted octanol–water partition coefficient (Wildman–Crippen LogP) is 3.86. The Morgan fingerprint density at radius 3 is 2.67 bits per heavy atom. The molecule has 0 spiro atoms. The van der Waals surface area contributed by atoms with Gasteiger partial charge in [0.25, 0.3) is 0 Å². The molecule has 0 fully saturated rings. The van der Waals surface area contributed by atoms with Crippen molar-refractivity contribution in [2.75, 3.05) is 22.5 Å². The lowest BCUT2D eigenvalue weighted by Crippen LogP contribution is -2.35. The topological polar surface area (TPSA) is 58.4 Å². The van der Waals surface area contributed by atoms with Gasteiger partial charge in [0.05, 0.1) is 0 Å². The highest BCUT2D eigenvalue weighted by atomic mass is 19.1. The molecule has 0 bridgehead atoms. The van der Waals surface area contributed by atoms with Crippen LogP contribution in [0, 0.1) is 5.82 Å². The zero-order valence-corrected chi connectivity index (χ0v) is 11.8. The van der Waals surface area contributed by atoms with Crippen molar-refractivity contribution < 1.29 is 9.18 Å². The smallest absolute Gasteiger partial charge is 0.326 e. The lowest BCUT2D eigenvalue weighted by atomic mass is 10.2. The molecule has 0 saturated carbocycles. The van der Waals surface area contributed by atoms with Crippen molar-refractivity contribution in [1.82, 2.24) is 0 Å². The van der Waals surface area contributed by atoms with E-state index in [1.165, 1.54) is 12.1 Å². The number of benzene rings is 2. The van der Waals surface area contributed by atoms with Crippen LogP contribution in [0.1, 0.15) is 13.3 Å². The van der Waals surface area contributed by atoms with Gasteiger partial charge in [0, 0.05) is 23.6 Å². The number of hydrogen-bond donors (Lipinski definition) is 2. The number of anilines is 3. The summed E-state index contributed by atoms with van der Waals surface area (Å²) in [5, 5.41) is 2.69. The standard InChI is InChI=1S/C16H18FN3O/c1-2-9-20(15-8-4-6-13(18)11-15)16(21)19-14-7-3-5-12(17)10-14/h3-8,10-11H,2,9,18H2,1H3,(H,19,21). The number of amides is 2. The van der Waals surface area contributed by atoms with Crippen LogP contribution in [0.2, 0.25) is 0 Å². The van der Waals surface area contributed by atoms with Crippen LogP contribution < -0.4 is 16.0 Å². The van der Waals surface area contributed by atoms with Gasteiger partial charge in [-0.3, -0.25) is 4.90 Å². The molecule has 0 unspecified atom stereocenters. The number of urea groups is 1. The summed E-state index contributed by atoms with van der Waals surface area (Å²) in [4.78, 5) is 14.0. The molecule has 110 valence electrons. The Morgan fingerprint density at radius 1 is 1.24 bits per heavy atom. The van der Waals surface area contributed by atoms with Crippen LogP contribution in [0.4, 0.5) is 26.2 Å². The summed E-state index contributed by atoms with van der Waals surface area (Å²) < 4.78 is 13.2. The Bertz CT molecular complexity index is 630. The Kier molecular flexibility index (Phi) is 4.77. The summed E-state index contributed by atoms with van der Waals surface area (Å²) in [5.41, 5.74) is 7.48. The van der Waals surface area contributed by atoms with Crippen LogP contribution in [0.3, 0.4) is 0 Å². The molecule has 0 radical (unpaired) electrons. The molecule has 0 saturated heterocycles. The summed E-state index contributed by atoms with van der Waals surface area (Å²) in [6.45, 7) is 2.53. The van der Waals surface area contributed by atoms with E-state index in [1.54, 1.807) is 35.2 Å². The highest BCUT2D eigenvalue weighted by Crippen LogP contribution is 2.19. The Labute approximate surface area is 123 Å². The number of nitrogens with one attached hydrogen (secondary N) is 1. The van der Waals surface area contributed by atoms with E-state index in [0.29, 0.717) is 23.6 Å². The van der Waals surface area contributed by atoms with Gasteiger partial charge in [-0.15, -0.1) is 0 Å². The van der Waals surface area contributed by atoms with E-state index in [2.05, 4.69) is 5.32 Å². The van der Waals surface area contributed by atoms with Gasteiger partial charge in [0.1, 0.15) is 5.82 Å². The molecule has 5 heteroatoms. The quantitative estimate of drug-likeness (QED) is 0.839. The first kappa shape index (κ1) is 14.8. The maximum atomic E-state index is 13.2. The summed E-state index contributed by atoms with van der Waals surface area (Å²) in [6.07, 6.45) is 0.797. The molecule has 0 aliphatic rings. The van der Waals surface area contributed by atoms with Crippen LogP contribution in [-0.2, 0) is 0 Å². The summed E-state index contributed by atoms with van der Waals surface area (Å²) in [7, 11) is 0. The van der Waals surface area contributed by atoms with Gasteiger partial charge in [-0.25, -0.2) is 9.18 Å². The van der Waals surface area contributed by atoms with E-state index in [1.807, 2.05) is 13.0 Å². The van der Waals surface area contributed by atoms with E-state index >= 15 is 0 Å². The second-order valence-corrected chi connectivity index (χ2v) is 4.69. The number of carbonyl (C=O) groups is 1. The van der Waals surface area contributed by atoms with Crippen molar-refractivity contribution in [3.8, 4) is 0 Å². The largest absolute Gasteiger partial charge is 0.399 e. The second kappa shape index (κ2) is 6.74. The van der Waals surface area contributed by atoms with Crippen molar-refractivity contribution in [2.24, 2.45) is 0 Å². The maximum absolute atomic E-state index is 13.2. The minimum atomic E-state index is -0.390. The molecule has 3 N–H and O–H groups in total. The van der Waals surface area contributed by atoms with Gasteiger partial charge in [0.2, 0.25) is 0 Å². The molecule has 0 heterocycles. The Morgan fingerprint density at radius 2 is 2.00 bits per heavy atom. The lowest BCUT2D eigenvalue weighted by Gasteiger charge is -2.23. The molecule has 0 aromatic heterocycles. The molecule has 2 aromatic rings. The number of nitrogens with zero attached hydrogens (tertiary/aromatic N) is 1. The van der Waals surface area contributed by atoms with E-state index in [4.69, 9.17) is 5.73 Å².